The van der Waals surface area contributed by atoms with Gasteiger partial charge in [-0.25, -0.2) is 24.0 Å². The maximum Gasteiger partial charge on any atom is 0.340 e. The average Bonchev–Trinajstić information content (AvgIpc) is 3.27. The molecule has 0 amide bonds. The van der Waals surface area contributed by atoms with Crippen molar-refractivity contribution in [3.63, 3.8) is 0 Å². The number of phenols is 15. The van der Waals surface area contributed by atoms with Gasteiger partial charge in [-0.1, -0.05) is 0 Å². The molecule has 1 heterocycles. The van der Waals surface area contributed by atoms with E-state index in [4.69, 9.17) is 28.4 Å². The molecular weight excluding hydrogens is 908 g/mol. The standard InChI is InChI=1S/C41H32O26/c42-17-1-12(2-18(43)28(17)52)36(57)62-11-27-33(64-37(58)13-3-19(44)29(53)20(45)4-13)34(65-38(59)14-5-21(46)30(54)22(47)6-14)35(66-39(60)15-7-23(48)31(55)24(49)8-15)41(63-27)67-40(61)16-9-25(50)32(56)26(51)10-16/h1-10,27,33-35,41-56H,11H2/t27-,33-,34-,35-,41+/m1/s1. The van der Waals surface area contributed by atoms with Gasteiger partial charge in [-0.3, -0.25) is 0 Å². The second-order valence-corrected chi connectivity index (χ2v) is 14.0. The van der Waals surface area contributed by atoms with Crippen molar-refractivity contribution in [1.82, 2.24) is 0 Å². The molecule has 1 aliphatic rings. The Kier molecular flexibility index (Phi) is 12.8. The van der Waals surface area contributed by atoms with Crippen LogP contribution in [0.5, 0.6) is 86.2 Å². The third kappa shape index (κ3) is 9.67. The molecule has 5 atom stereocenters. The summed E-state index contributed by atoms with van der Waals surface area (Å²) in [7, 11) is 0. The Morgan fingerprint density at radius 3 is 0.881 bits per heavy atom. The molecule has 67 heavy (non-hydrogen) atoms. The fraction of sp³-hybridized carbons (Fsp3) is 0.146. The molecule has 5 aromatic rings. The van der Waals surface area contributed by atoms with E-state index in [1.807, 2.05) is 0 Å². The molecule has 5 aromatic carbocycles. The van der Waals surface area contributed by atoms with Crippen molar-refractivity contribution in [2.45, 2.75) is 30.7 Å². The summed E-state index contributed by atoms with van der Waals surface area (Å²) in [5.41, 5.74) is -3.88. The van der Waals surface area contributed by atoms with Crippen molar-refractivity contribution in [3.05, 3.63) is 88.5 Å². The molecular formula is C41H32O26. The minimum absolute atomic E-state index is 0.534. The number of carbonyl (C=O) groups excluding carboxylic acids is 5. The second-order valence-electron chi connectivity index (χ2n) is 14.0. The van der Waals surface area contributed by atoms with Gasteiger partial charge in [0.15, 0.2) is 98.5 Å². The van der Waals surface area contributed by atoms with E-state index in [9.17, 15) is 101 Å². The largest absolute Gasteiger partial charge is 0.504 e. The molecule has 0 aromatic heterocycles. The number of hydrogen-bond acceptors (Lipinski definition) is 26. The van der Waals surface area contributed by atoms with Crippen LogP contribution in [0.3, 0.4) is 0 Å². The van der Waals surface area contributed by atoms with E-state index in [1.54, 1.807) is 0 Å². The summed E-state index contributed by atoms with van der Waals surface area (Å²) in [6, 6.07) is 5.60. The molecule has 0 saturated carbocycles. The SMILES string of the molecule is O=C(OC[C@H]1O[C@@H](OC(=O)c2cc(O)c(O)c(O)c2)[C@H](OC(=O)c2cc(O)c(O)c(O)c2)[C@H](OC(=O)c2cc(O)c(O)c(O)c2)[C@@H]1OC(=O)c1cc(O)c(O)c(O)c1)c1cc(O)c(O)c(O)c1. The van der Waals surface area contributed by atoms with Crippen LogP contribution in [0.1, 0.15) is 51.8 Å². The maximum atomic E-state index is 13.9. The third-order valence-corrected chi connectivity index (χ3v) is 9.45. The first kappa shape index (κ1) is 46.9. The quantitative estimate of drug-likeness (QED) is 0.0509. The van der Waals surface area contributed by atoms with E-state index < -0.39 is 181 Å². The number of hydrogen-bond donors (Lipinski definition) is 15. The number of carbonyl (C=O) groups is 5. The molecule has 0 bridgehead atoms. The monoisotopic (exact) mass is 940 g/mol. The Morgan fingerprint density at radius 1 is 0.343 bits per heavy atom. The molecule has 0 radical (unpaired) electrons. The van der Waals surface area contributed by atoms with Crippen LogP contribution >= 0.6 is 0 Å². The lowest BCUT2D eigenvalue weighted by atomic mass is 9.97. The number of rotatable bonds is 11. The molecule has 0 unspecified atom stereocenters. The van der Waals surface area contributed by atoms with Crippen molar-refractivity contribution in [2.24, 2.45) is 0 Å². The molecule has 26 nitrogen and oxygen atoms in total. The first-order chi connectivity index (χ1) is 31.4. The van der Waals surface area contributed by atoms with Gasteiger partial charge in [0.1, 0.15) is 12.7 Å². The van der Waals surface area contributed by atoms with E-state index in [1.165, 1.54) is 0 Å². The molecule has 352 valence electrons. The number of ether oxygens (including phenoxy) is 6. The van der Waals surface area contributed by atoms with Crippen molar-refractivity contribution < 1.29 is 129 Å². The van der Waals surface area contributed by atoms with Crippen LogP contribution in [-0.4, -0.2) is 144 Å². The topological polar surface area (TPSA) is 444 Å². The number of esters is 5. The van der Waals surface area contributed by atoms with Gasteiger partial charge in [-0.15, -0.1) is 0 Å². The zero-order valence-corrected chi connectivity index (χ0v) is 33.1. The highest BCUT2D eigenvalue weighted by Crippen LogP contribution is 2.41. The Balaban J connectivity index is 1.52. The highest BCUT2D eigenvalue weighted by atomic mass is 16.7. The molecule has 0 aliphatic carbocycles. The Hall–Kier alpha value is -9.59. The van der Waals surface area contributed by atoms with Gasteiger partial charge in [0.2, 0.25) is 12.4 Å². The number of benzene rings is 5. The first-order valence-electron chi connectivity index (χ1n) is 18.4. The summed E-state index contributed by atoms with van der Waals surface area (Å²) in [5, 5.41) is 150. The molecule has 1 saturated heterocycles. The smallest absolute Gasteiger partial charge is 0.340 e. The zero-order chi connectivity index (χ0) is 49.3. The van der Waals surface area contributed by atoms with Crippen LogP contribution in [0.15, 0.2) is 60.7 Å². The van der Waals surface area contributed by atoms with Crippen LogP contribution in [0.4, 0.5) is 0 Å². The van der Waals surface area contributed by atoms with E-state index in [0.29, 0.717) is 60.7 Å². The van der Waals surface area contributed by atoms with Crippen LogP contribution in [0.25, 0.3) is 0 Å². The van der Waals surface area contributed by atoms with E-state index in [0.717, 1.165) is 0 Å². The Bertz CT molecular complexity index is 2720. The lowest BCUT2D eigenvalue weighted by molar-refractivity contribution is -0.282. The molecule has 1 aliphatic heterocycles. The lowest BCUT2D eigenvalue weighted by Gasteiger charge is -2.43. The van der Waals surface area contributed by atoms with Crippen molar-refractivity contribution >= 4 is 29.8 Å². The zero-order valence-electron chi connectivity index (χ0n) is 33.1. The predicted molar refractivity (Wildman–Crippen MR) is 209 cm³/mol. The third-order valence-electron chi connectivity index (χ3n) is 9.45. The summed E-state index contributed by atoms with van der Waals surface area (Å²) < 4.78 is 33.2. The van der Waals surface area contributed by atoms with Crippen LogP contribution in [-0.2, 0) is 28.4 Å². The Labute approximate surface area is 370 Å². The van der Waals surface area contributed by atoms with Gasteiger partial charge >= 0.3 is 29.8 Å². The van der Waals surface area contributed by atoms with E-state index in [2.05, 4.69) is 0 Å². The minimum atomic E-state index is -2.56. The lowest BCUT2D eigenvalue weighted by Crippen LogP contribution is -2.63. The summed E-state index contributed by atoms with van der Waals surface area (Å²) in [6.07, 6.45) is -12.2. The summed E-state index contributed by atoms with van der Waals surface area (Å²) >= 11 is 0. The molecule has 6 rings (SSSR count). The van der Waals surface area contributed by atoms with Crippen molar-refractivity contribution in [3.8, 4) is 86.2 Å². The van der Waals surface area contributed by atoms with Gasteiger partial charge in [-0.05, 0) is 60.7 Å². The van der Waals surface area contributed by atoms with Gasteiger partial charge in [-0.2, -0.15) is 0 Å². The summed E-state index contributed by atoms with van der Waals surface area (Å²) in [4.78, 5) is 68.5. The van der Waals surface area contributed by atoms with Gasteiger partial charge in [0, 0.05) is 0 Å². The maximum absolute atomic E-state index is 13.9. The summed E-state index contributed by atoms with van der Waals surface area (Å²) in [6.45, 7) is -1.25. The van der Waals surface area contributed by atoms with E-state index >= 15 is 0 Å². The van der Waals surface area contributed by atoms with Gasteiger partial charge in [0.05, 0.1) is 27.8 Å². The normalized spacial score (nSPS) is 17.7. The first-order valence-corrected chi connectivity index (χ1v) is 18.4. The fourth-order valence-electron chi connectivity index (χ4n) is 6.11. The fourth-order valence-corrected chi connectivity index (χ4v) is 6.11. The minimum Gasteiger partial charge on any atom is -0.504 e. The molecule has 1 fully saturated rings. The van der Waals surface area contributed by atoms with Gasteiger partial charge < -0.3 is 105 Å². The highest BCUT2D eigenvalue weighted by Gasteiger charge is 2.55. The van der Waals surface area contributed by atoms with Crippen LogP contribution in [0.2, 0.25) is 0 Å². The summed E-state index contributed by atoms with van der Waals surface area (Å²) in [5.74, 6) is -24.5. The van der Waals surface area contributed by atoms with Crippen LogP contribution in [0, 0.1) is 0 Å². The Morgan fingerprint density at radius 2 is 0.582 bits per heavy atom. The number of phenolic OH excluding ortho intramolecular Hbond substituents is 15. The molecule has 26 heteroatoms. The molecule has 0 spiro atoms. The predicted octanol–water partition coefficient (Wildman–Crippen LogP) is 1.69. The van der Waals surface area contributed by atoms with Crippen LogP contribution < -0.4 is 0 Å². The van der Waals surface area contributed by atoms with Crippen molar-refractivity contribution in [1.29, 1.82) is 0 Å². The van der Waals surface area contributed by atoms with E-state index in [-0.39, 0.29) is 0 Å². The molecule has 15 N–H and O–H groups in total. The van der Waals surface area contributed by atoms with Crippen molar-refractivity contribution in [2.75, 3.05) is 6.61 Å². The van der Waals surface area contributed by atoms with Gasteiger partial charge in [0.25, 0.3) is 0 Å². The average molecular weight is 941 g/mol. The second kappa shape index (κ2) is 18.3. The highest BCUT2D eigenvalue weighted by molar-refractivity contribution is 5.94. The number of aromatic hydroxyl groups is 15.